The maximum Gasteiger partial charge on any atom is 0.294 e. The lowest BCUT2D eigenvalue weighted by molar-refractivity contribution is -0.769. The fourth-order valence-electron chi connectivity index (χ4n) is 2.44. The summed E-state index contributed by atoms with van der Waals surface area (Å²) < 4.78 is 0. The van der Waals surface area contributed by atoms with Crippen molar-refractivity contribution in [3.8, 4) is 0 Å². The van der Waals surface area contributed by atoms with Gasteiger partial charge in [0, 0.05) is 11.5 Å². The highest BCUT2D eigenvalue weighted by molar-refractivity contribution is 5.97. The molecule has 0 radical (unpaired) electrons. The Labute approximate surface area is 105 Å². The van der Waals surface area contributed by atoms with Gasteiger partial charge in [-0.15, -0.1) is 10.1 Å². The molecule has 0 spiro atoms. The molecule has 0 aromatic heterocycles. The van der Waals surface area contributed by atoms with E-state index in [0.717, 1.165) is 12.8 Å². The average Bonchev–Trinajstić information content (AvgIpc) is 2.38. The van der Waals surface area contributed by atoms with Crippen LogP contribution < -0.4 is 0 Å². The second kappa shape index (κ2) is 5.62. The number of ketones is 1. The third-order valence-electron chi connectivity index (χ3n) is 3.29. The molecular weight excluding hydrogens is 234 g/mol. The van der Waals surface area contributed by atoms with Gasteiger partial charge in [0.05, 0.1) is 0 Å². The summed E-state index contributed by atoms with van der Waals surface area (Å²) in [5, 5.41) is 9.55. The Morgan fingerprint density at radius 3 is 2.67 bits per heavy atom. The highest BCUT2D eigenvalue weighted by Gasteiger charge is 2.29. The molecule has 0 bridgehead atoms. The smallest absolute Gasteiger partial charge is 0.294 e. The highest BCUT2D eigenvalue weighted by Crippen LogP contribution is 2.29. The Balaban J connectivity index is 2.00. The lowest BCUT2D eigenvalue weighted by Crippen LogP contribution is -2.29. The van der Waals surface area contributed by atoms with Gasteiger partial charge in [-0.1, -0.05) is 36.8 Å². The van der Waals surface area contributed by atoms with Crippen LogP contribution in [0.4, 0.5) is 0 Å². The third-order valence-corrected chi connectivity index (χ3v) is 3.29. The lowest BCUT2D eigenvalue weighted by atomic mass is 9.82. The van der Waals surface area contributed by atoms with Gasteiger partial charge in [-0.2, -0.15) is 0 Å². The van der Waals surface area contributed by atoms with Gasteiger partial charge in [0.1, 0.15) is 6.10 Å². The Bertz CT molecular complexity index is 432. The summed E-state index contributed by atoms with van der Waals surface area (Å²) in [6.07, 6.45) is 2.23. The van der Waals surface area contributed by atoms with Crippen molar-refractivity contribution in [1.29, 1.82) is 0 Å². The maximum atomic E-state index is 12.2. The van der Waals surface area contributed by atoms with Crippen LogP contribution in [-0.4, -0.2) is 17.0 Å². The number of carbonyl (C=O) groups is 1. The van der Waals surface area contributed by atoms with Gasteiger partial charge >= 0.3 is 0 Å². The molecule has 1 aliphatic rings. The third kappa shape index (κ3) is 3.06. The number of nitrogens with zero attached hydrogens (tertiary/aromatic N) is 1. The van der Waals surface area contributed by atoms with E-state index in [1.807, 2.05) is 18.2 Å². The van der Waals surface area contributed by atoms with Crippen LogP contribution in [0.1, 0.15) is 36.0 Å². The predicted octanol–water partition coefficient (Wildman–Crippen LogP) is 2.64. The molecular formula is C13H15NO4. The predicted molar refractivity (Wildman–Crippen MR) is 64.6 cm³/mol. The van der Waals surface area contributed by atoms with Crippen molar-refractivity contribution in [2.24, 2.45) is 5.92 Å². The molecule has 1 aromatic rings. The van der Waals surface area contributed by atoms with E-state index >= 15 is 0 Å². The van der Waals surface area contributed by atoms with Crippen molar-refractivity contribution >= 4 is 5.78 Å². The van der Waals surface area contributed by atoms with E-state index in [1.165, 1.54) is 0 Å². The van der Waals surface area contributed by atoms with Crippen molar-refractivity contribution in [3.05, 3.63) is 46.0 Å². The van der Waals surface area contributed by atoms with Gasteiger partial charge in [-0.25, -0.2) is 0 Å². The van der Waals surface area contributed by atoms with Crippen molar-refractivity contribution in [2.45, 2.75) is 31.8 Å². The van der Waals surface area contributed by atoms with E-state index in [9.17, 15) is 14.9 Å². The van der Waals surface area contributed by atoms with Gasteiger partial charge in [0.2, 0.25) is 0 Å². The normalized spacial score (nSPS) is 23.3. The fraction of sp³-hybridized carbons (Fsp3) is 0.462. The quantitative estimate of drug-likeness (QED) is 0.467. The number of Topliss-reactive ketones (excluding diaryl/α,β-unsaturated/α-hetero) is 1. The van der Waals surface area contributed by atoms with E-state index in [4.69, 9.17) is 0 Å². The van der Waals surface area contributed by atoms with Crippen LogP contribution in [0.5, 0.6) is 0 Å². The number of carbonyl (C=O) groups excluding carboxylic acids is 1. The van der Waals surface area contributed by atoms with Crippen LogP contribution in [-0.2, 0) is 4.84 Å². The summed E-state index contributed by atoms with van der Waals surface area (Å²) in [5.41, 5.74) is 0.671. The van der Waals surface area contributed by atoms with E-state index < -0.39 is 11.2 Å². The summed E-state index contributed by atoms with van der Waals surface area (Å²) in [7, 11) is 0. The molecule has 1 aromatic carbocycles. The Morgan fingerprint density at radius 2 is 2.00 bits per heavy atom. The van der Waals surface area contributed by atoms with Crippen LogP contribution in [0.2, 0.25) is 0 Å². The molecule has 5 heteroatoms. The second-order valence-electron chi connectivity index (χ2n) is 4.54. The molecule has 5 nitrogen and oxygen atoms in total. The Morgan fingerprint density at radius 1 is 1.28 bits per heavy atom. The minimum atomic E-state index is -0.764. The topological polar surface area (TPSA) is 69.4 Å². The molecule has 0 heterocycles. The monoisotopic (exact) mass is 249 g/mol. The molecule has 0 saturated heterocycles. The zero-order valence-electron chi connectivity index (χ0n) is 9.95. The summed E-state index contributed by atoms with van der Waals surface area (Å²) >= 11 is 0. The number of hydrogen-bond acceptors (Lipinski definition) is 4. The fourth-order valence-corrected chi connectivity index (χ4v) is 2.44. The molecule has 0 amide bonds. The zero-order valence-corrected chi connectivity index (χ0v) is 9.95. The molecule has 2 rings (SSSR count). The Hall–Kier alpha value is -1.91. The molecule has 96 valence electrons. The second-order valence-corrected chi connectivity index (χ2v) is 4.54. The molecule has 1 aliphatic carbocycles. The first-order valence-corrected chi connectivity index (χ1v) is 6.07. The van der Waals surface area contributed by atoms with Crippen LogP contribution in [0.15, 0.2) is 30.3 Å². The standard InChI is InChI=1S/C13H15NO4/c15-13(10-5-2-1-3-6-10)11-7-4-8-12(9-11)18-14(16)17/h1-3,5-6,11-12H,4,7-9H2/t11-,12+/m1/s1. The number of rotatable bonds is 4. The van der Waals surface area contributed by atoms with E-state index in [0.29, 0.717) is 18.4 Å². The van der Waals surface area contributed by atoms with Crippen LogP contribution in [0, 0.1) is 16.0 Å². The minimum absolute atomic E-state index is 0.0623. The molecule has 0 aliphatic heterocycles. The van der Waals surface area contributed by atoms with Crippen molar-refractivity contribution in [3.63, 3.8) is 0 Å². The first-order chi connectivity index (χ1) is 8.66. The van der Waals surface area contributed by atoms with Crippen molar-refractivity contribution < 1.29 is 14.7 Å². The van der Waals surface area contributed by atoms with Crippen LogP contribution >= 0.6 is 0 Å². The van der Waals surface area contributed by atoms with Crippen molar-refractivity contribution in [2.75, 3.05) is 0 Å². The van der Waals surface area contributed by atoms with E-state index in [2.05, 4.69) is 4.84 Å². The first kappa shape index (κ1) is 12.5. The Kier molecular flexibility index (Phi) is 3.92. The van der Waals surface area contributed by atoms with Gasteiger partial charge in [-0.05, 0) is 19.3 Å². The maximum absolute atomic E-state index is 12.2. The molecule has 0 N–H and O–H groups in total. The molecule has 18 heavy (non-hydrogen) atoms. The summed E-state index contributed by atoms with van der Waals surface area (Å²) in [6, 6.07) is 9.05. The summed E-state index contributed by atoms with van der Waals surface area (Å²) in [5.74, 6) is -0.0988. The highest BCUT2D eigenvalue weighted by atomic mass is 17.0. The van der Waals surface area contributed by atoms with E-state index in [-0.39, 0.29) is 11.7 Å². The number of benzene rings is 1. The van der Waals surface area contributed by atoms with Crippen LogP contribution in [0.25, 0.3) is 0 Å². The molecule has 1 saturated carbocycles. The SMILES string of the molecule is O=C(c1ccccc1)[C@@H]1CCC[C@H](O[N+](=O)[O-])C1. The van der Waals surface area contributed by atoms with Gasteiger partial charge < -0.3 is 4.84 Å². The molecule has 1 fully saturated rings. The lowest BCUT2D eigenvalue weighted by Gasteiger charge is -2.26. The van der Waals surface area contributed by atoms with Gasteiger partial charge in [-0.3, -0.25) is 4.79 Å². The van der Waals surface area contributed by atoms with E-state index in [1.54, 1.807) is 12.1 Å². The molecule has 2 atom stereocenters. The minimum Gasteiger partial charge on any atom is -0.311 e. The largest absolute Gasteiger partial charge is 0.311 e. The van der Waals surface area contributed by atoms with Gasteiger partial charge in [0.15, 0.2) is 5.78 Å². The van der Waals surface area contributed by atoms with Gasteiger partial charge in [0.25, 0.3) is 5.09 Å². The first-order valence-electron chi connectivity index (χ1n) is 6.07. The van der Waals surface area contributed by atoms with Crippen molar-refractivity contribution in [1.82, 2.24) is 0 Å². The summed E-state index contributed by atoms with van der Waals surface area (Å²) in [6.45, 7) is 0. The van der Waals surface area contributed by atoms with Crippen LogP contribution in [0.3, 0.4) is 0 Å². The average molecular weight is 249 g/mol. The molecule has 0 unspecified atom stereocenters. The zero-order chi connectivity index (χ0) is 13.0. The summed E-state index contributed by atoms with van der Waals surface area (Å²) in [4.78, 5) is 27.1. The number of hydrogen-bond donors (Lipinski definition) is 0.